The highest BCUT2D eigenvalue weighted by Crippen LogP contribution is 2.30. The number of hydrogen-bond acceptors (Lipinski definition) is 2. The first kappa shape index (κ1) is 9.03. The minimum absolute atomic E-state index is 0.676. The number of anilines is 1. The van der Waals surface area contributed by atoms with E-state index in [1.807, 2.05) is 36.4 Å². The van der Waals surface area contributed by atoms with Crippen molar-refractivity contribution < 1.29 is 0 Å². The van der Waals surface area contributed by atoms with Crippen LogP contribution in [0.25, 0.3) is 10.8 Å². The van der Waals surface area contributed by atoms with E-state index in [0.717, 1.165) is 16.5 Å². The first-order valence-electron chi connectivity index (χ1n) is 4.22. The molecule has 2 rings (SSSR count). The summed E-state index contributed by atoms with van der Waals surface area (Å²) >= 11 is 6.17. The summed E-state index contributed by atoms with van der Waals surface area (Å²) in [6.07, 6.45) is 0. The normalized spacial score (nSPS) is 10.1. The molecule has 0 radical (unpaired) electrons. The summed E-state index contributed by atoms with van der Waals surface area (Å²) in [5.74, 6) is 0. The van der Waals surface area contributed by atoms with Crippen molar-refractivity contribution in [1.29, 1.82) is 0 Å². The van der Waals surface area contributed by atoms with Gasteiger partial charge in [-0.05, 0) is 11.5 Å². The van der Waals surface area contributed by atoms with Crippen LogP contribution in [0.5, 0.6) is 0 Å². The molecule has 0 unspecified atom stereocenters. The van der Waals surface area contributed by atoms with Crippen LogP contribution in [-0.2, 0) is 0 Å². The Kier molecular flexibility index (Phi) is 2.37. The maximum Gasteiger partial charge on any atom is 0.0754 e. The Labute approximate surface area is 87.2 Å². The molecule has 0 aliphatic carbocycles. The van der Waals surface area contributed by atoms with Crippen molar-refractivity contribution in [3.63, 3.8) is 0 Å². The lowest BCUT2D eigenvalue weighted by molar-refractivity contribution is 1.37. The minimum atomic E-state index is 0.676. The Balaban J connectivity index is 2.68. The van der Waals surface area contributed by atoms with Gasteiger partial charge in [-0.1, -0.05) is 41.9 Å². The summed E-state index contributed by atoms with van der Waals surface area (Å²) in [5.41, 5.74) is 3.53. The average Bonchev–Trinajstić information content (AvgIpc) is 2.23. The summed E-state index contributed by atoms with van der Waals surface area (Å²) in [5, 5.41) is 6.40. The van der Waals surface area contributed by atoms with Gasteiger partial charge >= 0.3 is 0 Å². The van der Waals surface area contributed by atoms with Gasteiger partial charge in [0.2, 0.25) is 0 Å². The second-order valence-electron chi connectivity index (χ2n) is 2.92. The van der Waals surface area contributed by atoms with E-state index < -0.39 is 0 Å². The van der Waals surface area contributed by atoms with Crippen LogP contribution in [0.1, 0.15) is 0 Å². The fraction of sp³-hybridized carbons (Fsp3) is 0. The summed E-state index contributed by atoms with van der Waals surface area (Å²) in [7, 11) is 0. The van der Waals surface area contributed by atoms with Crippen molar-refractivity contribution in [1.82, 2.24) is 0 Å². The van der Waals surface area contributed by atoms with E-state index in [0.29, 0.717) is 5.02 Å². The Morgan fingerprint density at radius 3 is 2.71 bits per heavy atom. The van der Waals surface area contributed by atoms with E-state index >= 15 is 0 Å². The van der Waals surface area contributed by atoms with Crippen molar-refractivity contribution in [2.75, 3.05) is 5.43 Å². The molecule has 0 amide bonds. The first-order valence-corrected chi connectivity index (χ1v) is 4.59. The number of hydrazone groups is 1. The Morgan fingerprint density at radius 1 is 1.14 bits per heavy atom. The van der Waals surface area contributed by atoms with Gasteiger partial charge in [-0.3, -0.25) is 5.43 Å². The molecule has 0 aliphatic rings. The van der Waals surface area contributed by atoms with Gasteiger partial charge in [0.05, 0.1) is 10.7 Å². The van der Waals surface area contributed by atoms with Crippen molar-refractivity contribution >= 4 is 34.8 Å². The molecule has 0 heterocycles. The summed E-state index contributed by atoms with van der Waals surface area (Å²) < 4.78 is 0. The molecule has 2 aromatic rings. The number of nitrogens with one attached hydrogen (secondary N) is 1. The van der Waals surface area contributed by atoms with E-state index in [2.05, 4.69) is 17.2 Å². The molecule has 14 heavy (non-hydrogen) atoms. The van der Waals surface area contributed by atoms with Crippen LogP contribution in [-0.4, -0.2) is 6.72 Å². The van der Waals surface area contributed by atoms with E-state index in [1.54, 1.807) is 0 Å². The Bertz CT molecular complexity index is 480. The number of nitrogens with zero attached hydrogens (tertiary/aromatic N) is 1. The van der Waals surface area contributed by atoms with E-state index in [1.165, 1.54) is 0 Å². The van der Waals surface area contributed by atoms with E-state index in [-0.39, 0.29) is 0 Å². The maximum atomic E-state index is 6.17. The Morgan fingerprint density at radius 2 is 1.93 bits per heavy atom. The third kappa shape index (κ3) is 1.44. The average molecular weight is 205 g/mol. The minimum Gasteiger partial charge on any atom is -0.278 e. The number of hydrogen-bond donors (Lipinski definition) is 1. The second kappa shape index (κ2) is 3.68. The number of rotatable bonds is 2. The lowest BCUT2D eigenvalue weighted by Gasteiger charge is -2.05. The molecule has 0 atom stereocenters. The van der Waals surface area contributed by atoms with Gasteiger partial charge in [0.15, 0.2) is 0 Å². The van der Waals surface area contributed by atoms with E-state index in [9.17, 15) is 0 Å². The molecular weight excluding hydrogens is 196 g/mol. The molecule has 70 valence electrons. The highest BCUT2D eigenvalue weighted by molar-refractivity contribution is 6.38. The van der Waals surface area contributed by atoms with Crippen LogP contribution < -0.4 is 5.43 Å². The van der Waals surface area contributed by atoms with Gasteiger partial charge in [0.1, 0.15) is 0 Å². The van der Waals surface area contributed by atoms with Gasteiger partial charge in [-0.2, -0.15) is 5.10 Å². The van der Waals surface area contributed by atoms with Crippen LogP contribution >= 0.6 is 11.6 Å². The topological polar surface area (TPSA) is 24.4 Å². The predicted molar refractivity (Wildman–Crippen MR) is 62.1 cm³/mol. The summed E-state index contributed by atoms with van der Waals surface area (Å²) in [6, 6.07) is 11.8. The van der Waals surface area contributed by atoms with Gasteiger partial charge in [-0.25, -0.2) is 0 Å². The molecule has 0 aliphatic heterocycles. The number of fused-ring (bicyclic) bond motifs is 1. The van der Waals surface area contributed by atoms with Crippen molar-refractivity contribution in [2.45, 2.75) is 0 Å². The highest BCUT2D eigenvalue weighted by Gasteiger charge is 2.03. The van der Waals surface area contributed by atoms with E-state index in [4.69, 9.17) is 11.6 Å². The van der Waals surface area contributed by atoms with Crippen LogP contribution in [0.3, 0.4) is 0 Å². The predicted octanol–water partition coefficient (Wildman–Crippen LogP) is 3.52. The SMILES string of the molecule is C=NNc1ccc2ccccc2c1Cl. The highest BCUT2D eigenvalue weighted by atomic mass is 35.5. The third-order valence-corrected chi connectivity index (χ3v) is 2.47. The lowest BCUT2D eigenvalue weighted by Crippen LogP contribution is -1.88. The fourth-order valence-electron chi connectivity index (χ4n) is 1.41. The van der Waals surface area contributed by atoms with Crippen LogP contribution in [0.15, 0.2) is 41.5 Å². The van der Waals surface area contributed by atoms with Gasteiger partial charge in [-0.15, -0.1) is 0 Å². The molecule has 0 bridgehead atoms. The van der Waals surface area contributed by atoms with Crippen molar-refractivity contribution in [2.24, 2.45) is 5.10 Å². The van der Waals surface area contributed by atoms with Crippen LogP contribution in [0, 0.1) is 0 Å². The molecule has 3 heteroatoms. The molecule has 0 aromatic heterocycles. The number of benzene rings is 2. The molecular formula is C11H9ClN2. The van der Waals surface area contributed by atoms with Crippen molar-refractivity contribution in [3.8, 4) is 0 Å². The number of halogens is 1. The van der Waals surface area contributed by atoms with Gasteiger partial charge in [0.25, 0.3) is 0 Å². The third-order valence-electron chi connectivity index (χ3n) is 2.06. The second-order valence-corrected chi connectivity index (χ2v) is 3.30. The van der Waals surface area contributed by atoms with Crippen LogP contribution in [0.2, 0.25) is 5.02 Å². The zero-order valence-electron chi connectivity index (χ0n) is 7.50. The molecule has 2 nitrogen and oxygen atoms in total. The molecule has 0 saturated carbocycles. The lowest BCUT2D eigenvalue weighted by atomic mass is 10.1. The zero-order valence-corrected chi connectivity index (χ0v) is 8.25. The largest absolute Gasteiger partial charge is 0.278 e. The van der Waals surface area contributed by atoms with Gasteiger partial charge < -0.3 is 0 Å². The zero-order chi connectivity index (χ0) is 9.97. The molecule has 1 N–H and O–H groups in total. The monoisotopic (exact) mass is 204 g/mol. The maximum absolute atomic E-state index is 6.17. The fourth-order valence-corrected chi connectivity index (χ4v) is 1.68. The smallest absolute Gasteiger partial charge is 0.0754 e. The molecule has 0 saturated heterocycles. The van der Waals surface area contributed by atoms with Crippen molar-refractivity contribution in [3.05, 3.63) is 41.4 Å². The van der Waals surface area contributed by atoms with Crippen LogP contribution in [0.4, 0.5) is 5.69 Å². The summed E-state index contributed by atoms with van der Waals surface area (Å²) in [6.45, 7) is 3.36. The molecule has 2 aromatic carbocycles. The van der Waals surface area contributed by atoms with Gasteiger partial charge in [0, 0.05) is 12.1 Å². The molecule has 0 spiro atoms. The summed E-state index contributed by atoms with van der Waals surface area (Å²) in [4.78, 5) is 0. The Hall–Kier alpha value is -1.54. The standard InChI is InChI=1S/C11H9ClN2/c1-13-14-10-7-6-8-4-2-3-5-9(8)11(10)12/h2-7,14H,1H2. The quantitative estimate of drug-likeness (QED) is 0.588. The molecule has 0 fully saturated rings. The first-order chi connectivity index (χ1) is 6.83.